The molecular formula is C20H25ClN8O2. The van der Waals surface area contributed by atoms with E-state index in [0.717, 1.165) is 0 Å². The molecule has 2 aliphatic rings. The number of carbonyl (C=O) groups excluding carboxylic acids is 1. The summed E-state index contributed by atoms with van der Waals surface area (Å²) < 4.78 is 1.63. The number of nitrogens with zero attached hydrogens (tertiary/aromatic N) is 7. The first-order chi connectivity index (χ1) is 14.8. The number of hydrogen-bond acceptors (Lipinski definition) is 9. The number of rotatable bonds is 7. The number of aliphatic hydroxyl groups is 1. The quantitative estimate of drug-likeness (QED) is 0.608. The molecule has 2 saturated heterocycles. The van der Waals surface area contributed by atoms with Crippen LogP contribution in [0.3, 0.4) is 0 Å². The molecule has 4 heterocycles. The maximum atomic E-state index is 11.3. The molecule has 0 radical (unpaired) electrons. The Kier molecular flexibility index (Phi) is 5.60. The first-order valence-corrected chi connectivity index (χ1v) is 10.5. The van der Waals surface area contributed by atoms with Crippen molar-refractivity contribution < 1.29 is 9.90 Å². The molecule has 0 bridgehead atoms. The Labute approximate surface area is 185 Å². The van der Waals surface area contributed by atoms with Crippen LogP contribution in [-0.2, 0) is 11.3 Å². The van der Waals surface area contributed by atoms with Crippen molar-refractivity contribution in [1.82, 2.24) is 24.6 Å². The summed E-state index contributed by atoms with van der Waals surface area (Å²) in [6, 6.07) is 1.37. The lowest BCUT2D eigenvalue weighted by Gasteiger charge is -2.30. The molecule has 0 spiro atoms. The fraction of sp³-hybridized carbons (Fsp3) is 0.550. The third kappa shape index (κ3) is 3.84. The van der Waals surface area contributed by atoms with Gasteiger partial charge < -0.3 is 20.1 Å². The predicted octanol–water partition coefficient (Wildman–Crippen LogP) is 1.30. The Hall–Kier alpha value is -2.74. The maximum Gasteiger partial charge on any atom is 0.229 e. The molecule has 2 fully saturated rings. The average molecular weight is 445 g/mol. The number of fused-ring (bicyclic) bond motifs is 1. The van der Waals surface area contributed by atoms with Crippen LogP contribution in [0.4, 0.5) is 17.5 Å². The number of aromatic nitrogens is 4. The van der Waals surface area contributed by atoms with Gasteiger partial charge in [-0.15, -0.1) is 0 Å². The van der Waals surface area contributed by atoms with E-state index in [1.165, 1.54) is 0 Å². The summed E-state index contributed by atoms with van der Waals surface area (Å²) in [6.45, 7) is 7.54. The number of anilines is 3. The van der Waals surface area contributed by atoms with Gasteiger partial charge in [0, 0.05) is 43.2 Å². The minimum Gasteiger partial charge on any atom is -0.394 e. The fourth-order valence-corrected chi connectivity index (χ4v) is 4.89. The lowest BCUT2D eigenvalue weighted by atomic mass is 9.71. The van der Waals surface area contributed by atoms with Gasteiger partial charge in [0.25, 0.3) is 0 Å². The van der Waals surface area contributed by atoms with E-state index < -0.39 is 6.04 Å². The molecule has 0 amide bonds. The van der Waals surface area contributed by atoms with Gasteiger partial charge in [-0.2, -0.15) is 15.3 Å². The molecule has 11 heteroatoms. The second-order valence-corrected chi connectivity index (χ2v) is 9.21. The molecule has 3 atom stereocenters. The van der Waals surface area contributed by atoms with E-state index in [-0.39, 0.29) is 17.4 Å². The molecule has 0 aromatic carbocycles. The van der Waals surface area contributed by atoms with E-state index in [1.54, 1.807) is 23.3 Å². The molecule has 0 saturated carbocycles. The highest BCUT2D eigenvalue weighted by atomic mass is 35.5. The normalized spacial score (nSPS) is 26.5. The van der Waals surface area contributed by atoms with Crippen molar-refractivity contribution in [3.8, 4) is 6.07 Å². The highest BCUT2D eigenvalue weighted by molar-refractivity contribution is 6.32. The molecule has 2 aromatic heterocycles. The van der Waals surface area contributed by atoms with E-state index in [1.807, 2.05) is 4.90 Å². The van der Waals surface area contributed by atoms with Gasteiger partial charge in [0.15, 0.2) is 18.1 Å². The van der Waals surface area contributed by atoms with Gasteiger partial charge >= 0.3 is 0 Å². The fourth-order valence-electron chi connectivity index (χ4n) is 4.68. The lowest BCUT2D eigenvalue weighted by Crippen LogP contribution is -2.38. The first kappa shape index (κ1) is 21.5. The van der Waals surface area contributed by atoms with Gasteiger partial charge in [-0.05, 0) is 0 Å². The minimum atomic E-state index is -0.710. The van der Waals surface area contributed by atoms with E-state index in [4.69, 9.17) is 16.7 Å². The maximum absolute atomic E-state index is 11.3. The van der Waals surface area contributed by atoms with Crippen molar-refractivity contribution in [1.29, 1.82) is 5.26 Å². The summed E-state index contributed by atoms with van der Waals surface area (Å²) >= 11 is 6.46. The third-order valence-electron chi connectivity index (χ3n) is 6.54. The van der Waals surface area contributed by atoms with Gasteiger partial charge in [-0.25, -0.2) is 4.98 Å². The number of carbonyl (C=O) groups is 1. The third-order valence-corrected chi connectivity index (χ3v) is 6.81. The summed E-state index contributed by atoms with van der Waals surface area (Å²) in [4.78, 5) is 24.3. The first-order valence-electron chi connectivity index (χ1n) is 10.1. The van der Waals surface area contributed by atoms with Gasteiger partial charge in [0.1, 0.15) is 5.02 Å². The summed E-state index contributed by atoms with van der Waals surface area (Å²) in [5.41, 5.74) is 0.489. The summed E-state index contributed by atoms with van der Waals surface area (Å²) in [7, 11) is 0. The van der Waals surface area contributed by atoms with Crippen molar-refractivity contribution >= 4 is 35.3 Å². The van der Waals surface area contributed by atoms with E-state index in [0.29, 0.717) is 61.5 Å². The number of hydrogen-bond donors (Lipinski definition) is 2. The van der Waals surface area contributed by atoms with Crippen LogP contribution < -0.4 is 10.2 Å². The number of likely N-dealkylation sites (tertiary alicyclic amines) is 1. The minimum absolute atomic E-state index is 0.00853. The Morgan fingerprint density at radius 2 is 2.03 bits per heavy atom. The summed E-state index contributed by atoms with van der Waals surface area (Å²) in [6.07, 6.45) is 5.70. The zero-order valence-electron chi connectivity index (χ0n) is 17.5. The van der Waals surface area contributed by atoms with Gasteiger partial charge in [0.2, 0.25) is 5.95 Å². The van der Waals surface area contributed by atoms with Crippen molar-refractivity contribution in [3.05, 3.63) is 23.6 Å². The topological polar surface area (TPSA) is 123 Å². The van der Waals surface area contributed by atoms with Crippen molar-refractivity contribution in [2.45, 2.75) is 26.4 Å². The lowest BCUT2D eigenvalue weighted by molar-refractivity contribution is -0.110. The van der Waals surface area contributed by atoms with Gasteiger partial charge in [-0.3, -0.25) is 9.58 Å². The zero-order chi connectivity index (χ0) is 22.2. The van der Waals surface area contributed by atoms with Gasteiger partial charge in [0.05, 0.1) is 37.3 Å². The molecule has 2 aromatic rings. The van der Waals surface area contributed by atoms with Crippen molar-refractivity contribution in [2.75, 3.05) is 43.0 Å². The number of halogens is 1. The van der Waals surface area contributed by atoms with Crippen LogP contribution in [0.1, 0.15) is 13.8 Å². The van der Waals surface area contributed by atoms with Crippen molar-refractivity contribution in [3.63, 3.8) is 0 Å². The van der Waals surface area contributed by atoms with Gasteiger partial charge in [-0.1, -0.05) is 25.4 Å². The second kappa shape index (κ2) is 8.07. The summed E-state index contributed by atoms with van der Waals surface area (Å²) in [5.74, 6) is 1.06. The molecule has 2 aliphatic heterocycles. The predicted molar refractivity (Wildman–Crippen MR) is 115 cm³/mol. The molecule has 2 N–H and O–H groups in total. The van der Waals surface area contributed by atoms with Crippen LogP contribution in [0.25, 0.3) is 0 Å². The zero-order valence-corrected chi connectivity index (χ0v) is 18.2. The molecule has 164 valence electrons. The van der Waals surface area contributed by atoms with Crippen LogP contribution in [-0.4, -0.2) is 74.9 Å². The molecule has 31 heavy (non-hydrogen) atoms. The SMILES string of the molecule is C[C@@]12CN(c3nc(Nc4cnn(CCO)c4)ncc3Cl)C[C@]1(C)CN(C(C#N)C=O)C2. The molecule has 10 nitrogen and oxygen atoms in total. The van der Waals surface area contributed by atoms with Crippen LogP contribution >= 0.6 is 11.6 Å². The Morgan fingerprint density at radius 3 is 2.65 bits per heavy atom. The number of nitriles is 1. The van der Waals surface area contributed by atoms with Crippen LogP contribution in [0.15, 0.2) is 18.6 Å². The summed E-state index contributed by atoms with van der Waals surface area (Å²) in [5, 5.41) is 26.1. The largest absolute Gasteiger partial charge is 0.394 e. The highest BCUT2D eigenvalue weighted by Crippen LogP contribution is 2.53. The molecule has 1 unspecified atom stereocenters. The average Bonchev–Trinajstić information content (AvgIpc) is 3.33. The number of aldehydes is 1. The van der Waals surface area contributed by atoms with E-state index in [9.17, 15) is 10.1 Å². The second-order valence-electron chi connectivity index (χ2n) is 8.80. The molecule has 0 aliphatic carbocycles. The van der Waals surface area contributed by atoms with E-state index in [2.05, 4.69) is 45.2 Å². The van der Waals surface area contributed by atoms with Crippen LogP contribution in [0.2, 0.25) is 5.02 Å². The Morgan fingerprint density at radius 1 is 1.32 bits per heavy atom. The van der Waals surface area contributed by atoms with Crippen LogP contribution in [0, 0.1) is 22.2 Å². The Balaban J connectivity index is 1.53. The number of nitrogens with one attached hydrogen (secondary N) is 1. The number of aliphatic hydroxyl groups excluding tert-OH is 1. The molecular weight excluding hydrogens is 420 g/mol. The monoisotopic (exact) mass is 444 g/mol. The van der Waals surface area contributed by atoms with E-state index >= 15 is 0 Å². The smallest absolute Gasteiger partial charge is 0.229 e. The van der Waals surface area contributed by atoms with Crippen molar-refractivity contribution in [2.24, 2.45) is 10.8 Å². The Bertz CT molecular complexity index is 1000. The molecule has 4 rings (SSSR count). The van der Waals surface area contributed by atoms with Crippen LogP contribution in [0.5, 0.6) is 0 Å². The highest BCUT2D eigenvalue weighted by Gasteiger charge is 2.58. The standard InChI is InChI=1S/C20H25ClN8O2/c1-19-10-27(15(5-22)9-31)11-20(19,2)13-28(12-19)17-16(21)7-23-18(26-17)25-14-6-24-29(8-14)3-4-30/h6-9,15,30H,3-4,10-13H2,1-2H3,(H,23,25,26)/t15?,19-,20+.